The fraction of sp³-hybridized carbons (Fsp3) is 0.571. The Kier molecular flexibility index (Phi) is 3.60. The van der Waals surface area contributed by atoms with E-state index in [9.17, 15) is 22.8 Å². The Bertz CT molecular complexity index is 505. The molecule has 0 bridgehead atoms. The highest BCUT2D eigenvalue weighted by Gasteiger charge is 2.30. The van der Waals surface area contributed by atoms with Gasteiger partial charge in [-0.15, -0.1) is 0 Å². The molecule has 0 N–H and O–H groups in total. The van der Waals surface area contributed by atoms with E-state index in [0.29, 0.717) is 0 Å². The highest BCUT2D eigenvalue weighted by atomic mass is 27.0. The smallest absolute Gasteiger partial charge is 0.269 e. The normalized spacial score (nSPS) is 11.8. The maximum absolute atomic E-state index is 12.2. The second kappa shape index (κ2) is 4.43. The van der Waals surface area contributed by atoms with Crippen LogP contribution in [-0.4, -0.2) is 36.8 Å². The van der Waals surface area contributed by atoms with E-state index in [1.165, 1.54) is 0 Å². The maximum Gasteiger partial charge on any atom is 0.406 e. The number of aryl methyl sites for hydroxylation is 1. The summed E-state index contributed by atoms with van der Waals surface area (Å²) in [6.07, 6.45) is -4.59. The minimum absolute atomic E-state index is 0.00528. The number of hydrogen-bond acceptors (Lipinski definition) is 3. The van der Waals surface area contributed by atoms with Crippen LogP contribution in [0.25, 0.3) is 0 Å². The summed E-state index contributed by atoms with van der Waals surface area (Å²) >= 11 is 0.196. The lowest BCUT2D eigenvalue weighted by Gasteiger charge is -2.11. The Hall–Kier alpha value is -1.07. The molecule has 0 aliphatic rings. The summed E-state index contributed by atoms with van der Waals surface area (Å²) in [6, 6.07) is 0. The molecule has 0 atom stereocenters. The van der Waals surface area contributed by atoms with E-state index in [2.05, 4.69) is 5.10 Å². The van der Waals surface area contributed by atoms with Gasteiger partial charge in [0.1, 0.15) is 6.54 Å². The predicted molar refractivity (Wildman–Crippen MR) is 52.7 cm³/mol. The average molecular weight is 251 g/mol. The zero-order chi connectivity index (χ0) is 12.5. The van der Waals surface area contributed by atoms with Crippen molar-refractivity contribution in [2.75, 3.05) is 0 Å². The van der Waals surface area contributed by atoms with Gasteiger partial charge in [-0.2, -0.15) is 18.3 Å². The van der Waals surface area contributed by atoms with Gasteiger partial charge in [-0.1, -0.05) is 0 Å². The first-order valence-electron chi connectivity index (χ1n) is 4.51. The first-order chi connectivity index (χ1) is 7.26. The molecule has 0 fully saturated rings. The molecule has 0 aliphatic carbocycles. The number of rotatable bonds is 2. The SMILES string of the molecule is CCn1n[c]([AlH2])c(=O)n(CC(F)(F)F)c1=O. The van der Waals surface area contributed by atoms with Gasteiger partial charge in [0.05, 0.1) is 0 Å². The Morgan fingerprint density at radius 1 is 1.38 bits per heavy atom. The monoisotopic (exact) mass is 251 g/mol. The predicted octanol–water partition coefficient (Wildman–Crippen LogP) is -1.75. The van der Waals surface area contributed by atoms with Crippen molar-refractivity contribution in [2.24, 2.45) is 0 Å². The summed E-state index contributed by atoms with van der Waals surface area (Å²) in [7, 11) is 0. The summed E-state index contributed by atoms with van der Waals surface area (Å²) < 4.78 is 37.5. The molecule has 1 aromatic heterocycles. The van der Waals surface area contributed by atoms with Gasteiger partial charge >= 0.3 is 28.2 Å². The highest BCUT2D eigenvalue weighted by Crippen LogP contribution is 2.15. The average Bonchev–Trinajstić information content (AvgIpc) is 2.17. The van der Waals surface area contributed by atoms with Crippen molar-refractivity contribution in [3.8, 4) is 0 Å². The molecule has 5 nitrogen and oxygen atoms in total. The van der Waals surface area contributed by atoms with Gasteiger partial charge in [0.25, 0.3) is 5.56 Å². The minimum Gasteiger partial charge on any atom is -0.269 e. The van der Waals surface area contributed by atoms with Crippen molar-refractivity contribution in [3.63, 3.8) is 0 Å². The van der Waals surface area contributed by atoms with Gasteiger partial charge in [-0.05, 0) is 6.92 Å². The summed E-state index contributed by atoms with van der Waals surface area (Å²) in [6.45, 7) is 0.131. The van der Waals surface area contributed by atoms with Crippen LogP contribution >= 0.6 is 0 Å². The van der Waals surface area contributed by atoms with Gasteiger partial charge in [-0.3, -0.25) is 4.79 Å². The molecular formula is C7H9AlF3N3O2. The Morgan fingerprint density at radius 2 is 1.94 bits per heavy atom. The van der Waals surface area contributed by atoms with Crippen molar-refractivity contribution in [2.45, 2.75) is 26.2 Å². The van der Waals surface area contributed by atoms with E-state index >= 15 is 0 Å². The van der Waals surface area contributed by atoms with Crippen LogP contribution in [0.15, 0.2) is 9.59 Å². The third-order valence-electron chi connectivity index (χ3n) is 1.91. The van der Waals surface area contributed by atoms with Gasteiger partial charge in [0.2, 0.25) is 0 Å². The molecule has 0 saturated heterocycles. The van der Waals surface area contributed by atoms with Crippen molar-refractivity contribution in [1.29, 1.82) is 0 Å². The zero-order valence-electron chi connectivity index (χ0n) is 8.71. The van der Waals surface area contributed by atoms with Gasteiger partial charge < -0.3 is 0 Å². The molecule has 0 radical (unpaired) electrons. The minimum atomic E-state index is -4.59. The Labute approximate surface area is 95.9 Å². The van der Waals surface area contributed by atoms with Crippen LogP contribution in [0.3, 0.4) is 0 Å². The number of aromatic nitrogens is 3. The molecule has 0 aromatic carbocycles. The molecule has 1 rings (SSSR count). The lowest BCUT2D eigenvalue weighted by atomic mass is 10.6. The highest BCUT2D eigenvalue weighted by molar-refractivity contribution is 6.30. The summed E-state index contributed by atoms with van der Waals surface area (Å²) in [5.41, 5.74) is -1.97. The van der Waals surface area contributed by atoms with Crippen LogP contribution < -0.4 is 15.8 Å². The number of nitrogens with zero attached hydrogens (tertiary/aromatic N) is 3. The number of alkyl halides is 3. The summed E-state index contributed by atoms with van der Waals surface area (Å²) in [5.74, 6) is 0. The van der Waals surface area contributed by atoms with Crippen molar-refractivity contribution in [1.82, 2.24) is 14.3 Å². The molecular weight excluding hydrogens is 242 g/mol. The van der Waals surface area contributed by atoms with Crippen LogP contribution in [0, 0.1) is 0 Å². The standard InChI is InChI=1S/C7H7F3N3O2.Al.2H/c1-2-13-6(15)12(4-7(8,9)10)5(14)3-11-13;;;/h2,4H2,1H3;;;. The van der Waals surface area contributed by atoms with Crippen molar-refractivity contribution < 1.29 is 13.2 Å². The van der Waals surface area contributed by atoms with E-state index in [-0.39, 0.29) is 32.0 Å². The third-order valence-corrected chi connectivity index (χ3v) is 2.54. The van der Waals surface area contributed by atoms with Crippen LogP contribution in [0.5, 0.6) is 0 Å². The fourth-order valence-electron chi connectivity index (χ4n) is 1.21. The van der Waals surface area contributed by atoms with Crippen molar-refractivity contribution in [3.05, 3.63) is 20.8 Å². The molecule has 0 saturated carbocycles. The molecule has 1 heterocycles. The largest absolute Gasteiger partial charge is 0.406 e. The van der Waals surface area contributed by atoms with Crippen LogP contribution in [0.4, 0.5) is 13.2 Å². The van der Waals surface area contributed by atoms with Crippen LogP contribution in [0.2, 0.25) is 0 Å². The summed E-state index contributed by atoms with van der Waals surface area (Å²) in [4.78, 5) is 22.8. The molecule has 0 amide bonds. The van der Waals surface area contributed by atoms with E-state index < -0.39 is 24.0 Å². The van der Waals surface area contributed by atoms with E-state index in [1.807, 2.05) is 0 Å². The van der Waals surface area contributed by atoms with Gasteiger partial charge in [0.15, 0.2) is 0 Å². The second-order valence-electron chi connectivity index (χ2n) is 3.19. The van der Waals surface area contributed by atoms with E-state index in [4.69, 9.17) is 0 Å². The number of halogens is 3. The number of hydrogen-bond donors (Lipinski definition) is 0. The molecule has 1 aromatic rings. The Morgan fingerprint density at radius 3 is 2.38 bits per heavy atom. The molecule has 16 heavy (non-hydrogen) atoms. The molecule has 0 unspecified atom stereocenters. The second-order valence-corrected chi connectivity index (χ2v) is 4.14. The van der Waals surface area contributed by atoms with Gasteiger partial charge in [0, 0.05) is 11.1 Å². The molecule has 88 valence electrons. The quantitative estimate of drug-likeness (QED) is 0.585. The van der Waals surface area contributed by atoms with Crippen LogP contribution in [0.1, 0.15) is 6.92 Å². The molecule has 0 spiro atoms. The van der Waals surface area contributed by atoms with E-state index in [1.54, 1.807) is 6.92 Å². The molecule has 0 aliphatic heterocycles. The molecule has 9 heteroatoms. The van der Waals surface area contributed by atoms with Gasteiger partial charge in [-0.25, -0.2) is 14.0 Å². The topological polar surface area (TPSA) is 56.9 Å². The first kappa shape index (κ1) is 13.0. The zero-order valence-corrected chi connectivity index (χ0v) is 10.7. The van der Waals surface area contributed by atoms with Crippen molar-refractivity contribution >= 4 is 20.8 Å². The Balaban J connectivity index is 3.43. The van der Waals surface area contributed by atoms with E-state index in [0.717, 1.165) is 4.68 Å². The first-order valence-corrected chi connectivity index (χ1v) is 5.51. The summed E-state index contributed by atoms with van der Waals surface area (Å²) in [5, 5.41) is 3.65. The van der Waals surface area contributed by atoms with Crippen LogP contribution in [-0.2, 0) is 13.1 Å². The lowest BCUT2D eigenvalue weighted by Crippen LogP contribution is -2.51. The lowest BCUT2D eigenvalue weighted by molar-refractivity contribution is -0.142. The maximum atomic E-state index is 12.2. The fourth-order valence-corrected chi connectivity index (χ4v) is 1.72. The third kappa shape index (κ3) is 2.74.